The highest BCUT2D eigenvalue weighted by Gasteiger charge is 2.03. The summed E-state index contributed by atoms with van der Waals surface area (Å²) in [5, 5.41) is 0.439. The van der Waals surface area contributed by atoms with E-state index in [1.807, 2.05) is 24.3 Å². The number of hydrogen-bond acceptors (Lipinski definition) is 3. The van der Waals surface area contributed by atoms with Crippen LogP contribution in [0.25, 0.3) is 11.0 Å². The zero-order valence-corrected chi connectivity index (χ0v) is 8.39. The Morgan fingerprint density at radius 2 is 1.77 bits per heavy atom. The van der Waals surface area contributed by atoms with E-state index in [9.17, 15) is 0 Å². The maximum absolute atomic E-state index is 5.88. The molecule has 0 bridgehead atoms. The van der Waals surface area contributed by atoms with Gasteiger partial charge >= 0.3 is 0 Å². The molecule has 0 spiro atoms. The van der Waals surface area contributed by atoms with Gasteiger partial charge in [0, 0.05) is 5.75 Å². The molecule has 0 aliphatic carbocycles. The minimum absolute atomic E-state index is 0.439. The molecule has 4 heteroatoms. The molecule has 2 aromatic rings. The molecule has 1 aromatic heterocycles. The van der Waals surface area contributed by atoms with Gasteiger partial charge in [0.2, 0.25) is 0 Å². The minimum atomic E-state index is 0.439. The first-order valence-electron chi connectivity index (χ1n) is 3.83. The first-order chi connectivity index (χ1) is 6.31. The summed E-state index contributed by atoms with van der Waals surface area (Å²) in [6, 6.07) is 7.63. The summed E-state index contributed by atoms with van der Waals surface area (Å²) >= 11 is 10.00. The molecule has 0 amide bonds. The molecule has 0 aliphatic heterocycles. The molecule has 0 saturated heterocycles. The molecular weight excluding hydrogens is 204 g/mol. The first kappa shape index (κ1) is 8.78. The van der Waals surface area contributed by atoms with Crippen molar-refractivity contribution in [1.82, 2.24) is 9.97 Å². The Labute approximate surface area is 86.4 Å². The molecule has 0 unspecified atom stereocenters. The second-order valence-electron chi connectivity index (χ2n) is 2.61. The molecule has 1 heterocycles. The number of fused-ring (bicyclic) bond motifs is 1. The van der Waals surface area contributed by atoms with Crippen molar-refractivity contribution >= 4 is 35.3 Å². The summed E-state index contributed by atoms with van der Waals surface area (Å²) in [5.41, 5.74) is 2.40. The van der Waals surface area contributed by atoms with Crippen LogP contribution in [0.1, 0.15) is 5.69 Å². The molecule has 2 nitrogen and oxygen atoms in total. The van der Waals surface area contributed by atoms with Gasteiger partial charge in [0.15, 0.2) is 5.15 Å². The van der Waals surface area contributed by atoms with Crippen LogP contribution in [0.5, 0.6) is 0 Å². The third-order valence-corrected chi connectivity index (χ3v) is 2.35. The molecule has 0 aliphatic rings. The zero-order valence-electron chi connectivity index (χ0n) is 6.74. The zero-order chi connectivity index (χ0) is 9.26. The van der Waals surface area contributed by atoms with Gasteiger partial charge in [-0.1, -0.05) is 23.7 Å². The fourth-order valence-corrected chi connectivity index (χ4v) is 1.63. The number of hydrogen-bond donors (Lipinski definition) is 1. The number of halogens is 1. The van der Waals surface area contributed by atoms with Crippen LogP contribution in [0, 0.1) is 0 Å². The number of para-hydroxylation sites is 2. The van der Waals surface area contributed by atoms with Crippen molar-refractivity contribution in [2.45, 2.75) is 5.75 Å². The van der Waals surface area contributed by atoms with Crippen molar-refractivity contribution in [3.63, 3.8) is 0 Å². The molecule has 0 atom stereocenters. The maximum Gasteiger partial charge on any atom is 0.152 e. The first-order valence-corrected chi connectivity index (χ1v) is 4.84. The number of rotatable bonds is 1. The van der Waals surface area contributed by atoms with Crippen LogP contribution >= 0.6 is 24.2 Å². The van der Waals surface area contributed by atoms with Crippen LogP contribution in [-0.2, 0) is 5.75 Å². The Bertz CT molecular complexity index is 445. The van der Waals surface area contributed by atoms with E-state index in [0.29, 0.717) is 10.9 Å². The van der Waals surface area contributed by atoms with Crippen molar-refractivity contribution in [2.75, 3.05) is 0 Å². The van der Waals surface area contributed by atoms with Gasteiger partial charge in [-0.05, 0) is 12.1 Å². The molecule has 0 radical (unpaired) electrons. The van der Waals surface area contributed by atoms with E-state index in [1.54, 1.807) is 0 Å². The van der Waals surface area contributed by atoms with Gasteiger partial charge in [0.05, 0.1) is 16.7 Å². The maximum atomic E-state index is 5.88. The number of nitrogens with zero attached hydrogens (tertiary/aromatic N) is 2. The van der Waals surface area contributed by atoms with E-state index in [4.69, 9.17) is 11.6 Å². The predicted octanol–water partition coefficient (Wildman–Crippen LogP) is 2.71. The predicted molar refractivity (Wildman–Crippen MR) is 57.2 cm³/mol. The van der Waals surface area contributed by atoms with E-state index in [2.05, 4.69) is 22.6 Å². The smallest absolute Gasteiger partial charge is 0.152 e. The van der Waals surface area contributed by atoms with Crippen molar-refractivity contribution in [1.29, 1.82) is 0 Å². The Balaban J connectivity index is 2.74. The van der Waals surface area contributed by atoms with Crippen LogP contribution in [0.15, 0.2) is 24.3 Å². The lowest BCUT2D eigenvalue weighted by Crippen LogP contribution is -1.92. The normalized spacial score (nSPS) is 10.6. The van der Waals surface area contributed by atoms with Gasteiger partial charge in [-0.3, -0.25) is 0 Å². The monoisotopic (exact) mass is 210 g/mol. The van der Waals surface area contributed by atoms with Gasteiger partial charge in [-0.15, -0.1) is 0 Å². The number of aromatic nitrogens is 2. The SMILES string of the molecule is SCc1nc2ccccc2nc1Cl. The molecular formula is C9H7ClN2S. The Kier molecular flexibility index (Phi) is 2.38. The molecule has 13 heavy (non-hydrogen) atoms. The standard InChI is InChI=1S/C9H7ClN2S/c10-9-8(5-13)11-6-3-1-2-4-7(6)12-9/h1-4,13H,5H2. The van der Waals surface area contributed by atoms with Crippen molar-refractivity contribution in [2.24, 2.45) is 0 Å². The highest BCUT2D eigenvalue weighted by molar-refractivity contribution is 7.79. The van der Waals surface area contributed by atoms with Crippen LogP contribution in [-0.4, -0.2) is 9.97 Å². The molecule has 0 saturated carbocycles. The largest absolute Gasteiger partial charge is 0.247 e. The highest BCUT2D eigenvalue weighted by atomic mass is 35.5. The molecule has 2 rings (SSSR count). The van der Waals surface area contributed by atoms with Crippen molar-refractivity contribution in [3.05, 3.63) is 35.1 Å². The highest BCUT2D eigenvalue weighted by Crippen LogP contribution is 2.17. The lowest BCUT2D eigenvalue weighted by atomic mass is 10.3. The van der Waals surface area contributed by atoms with E-state index in [1.165, 1.54) is 0 Å². The third-order valence-electron chi connectivity index (χ3n) is 1.74. The number of benzene rings is 1. The fourth-order valence-electron chi connectivity index (χ4n) is 1.12. The van der Waals surface area contributed by atoms with E-state index >= 15 is 0 Å². The topological polar surface area (TPSA) is 25.8 Å². The number of thiol groups is 1. The summed E-state index contributed by atoms with van der Waals surface area (Å²) in [7, 11) is 0. The summed E-state index contributed by atoms with van der Waals surface area (Å²) in [5.74, 6) is 0.511. The Morgan fingerprint density at radius 3 is 2.38 bits per heavy atom. The molecule has 0 fully saturated rings. The van der Waals surface area contributed by atoms with Crippen molar-refractivity contribution < 1.29 is 0 Å². The second kappa shape index (κ2) is 3.52. The van der Waals surface area contributed by atoms with Gasteiger partial charge in [0.1, 0.15) is 0 Å². The van der Waals surface area contributed by atoms with Crippen LogP contribution < -0.4 is 0 Å². The molecule has 1 aromatic carbocycles. The van der Waals surface area contributed by atoms with E-state index in [0.717, 1.165) is 16.7 Å². The van der Waals surface area contributed by atoms with Gasteiger partial charge in [-0.2, -0.15) is 12.6 Å². The lowest BCUT2D eigenvalue weighted by molar-refractivity contribution is 1.17. The van der Waals surface area contributed by atoms with E-state index < -0.39 is 0 Å². The second-order valence-corrected chi connectivity index (χ2v) is 3.28. The summed E-state index contributed by atoms with van der Waals surface area (Å²) < 4.78 is 0. The van der Waals surface area contributed by atoms with Gasteiger partial charge in [0.25, 0.3) is 0 Å². The summed E-state index contributed by atoms with van der Waals surface area (Å²) in [6.45, 7) is 0. The summed E-state index contributed by atoms with van der Waals surface area (Å²) in [4.78, 5) is 8.52. The van der Waals surface area contributed by atoms with Gasteiger partial charge < -0.3 is 0 Å². The minimum Gasteiger partial charge on any atom is -0.247 e. The average Bonchev–Trinajstić information content (AvgIpc) is 2.17. The van der Waals surface area contributed by atoms with Gasteiger partial charge in [-0.25, -0.2) is 9.97 Å². The summed E-state index contributed by atoms with van der Waals surface area (Å²) in [6.07, 6.45) is 0. The van der Waals surface area contributed by atoms with E-state index in [-0.39, 0.29) is 0 Å². The average molecular weight is 211 g/mol. The van der Waals surface area contributed by atoms with Crippen LogP contribution in [0.3, 0.4) is 0 Å². The van der Waals surface area contributed by atoms with Crippen LogP contribution in [0.2, 0.25) is 5.15 Å². The fraction of sp³-hybridized carbons (Fsp3) is 0.111. The molecule has 0 N–H and O–H groups in total. The van der Waals surface area contributed by atoms with Crippen LogP contribution in [0.4, 0.5) is 0 Å². The Morgan fingerprint density at radius 1 is 1.15 bits per heavy atom. The lowest BCUT2D eigenvalue weighted by Gasteiger charge is -2.01. The van der Waals surface area contributed by atoms with Crippen molar-refractivity contribution in [3.8, 4) is 0 Å². The quantitative estimate of drug-likeness (QED) is 0.733. The third kappa shape index (κ3) is 1.62. The molecule has 66 valence electrons. The Hall–Kier alpha value is -0.800.